The first-order valence-corrected chi connectivity index (χ1v) is 8.37. The second-order valence-corrected chi connectivity index (χ2v) is 6.79. The predicted molar refractivity (Wildman–Crippen MR) is 95.3 cm³/mol. The molecule has 1 aromatic heterocycles. The lowest BCUT2D eigenvalue weighted by molar-refractivity contribution is 0.784. The van der Waals surface area contributed by atoms with Crippen molar-refractivity contribution in [3.05, 3.63) is 49.4 Å². The van der Waals surface area contributed by atoms with E-state index in [4.69, 9.17) is 4.98 Å². The number of hydrogen-bond donors (Lipinski definition) is 1. The maximum Gasteiger partial charge on any atom is 0.143 e. The van der Waals surface area contributed by atoms with E-state index in [-0.39, 0.29) is 0 Å². The lowest BCUT2D eigenvalue weighted by Crippen LogP contribution is -2.09. The van der Waals surface area contributed by atoms with Gasteiger partial charge in [-0.05, 0) is 40.1 Å². The summed E-state index contributed by atoms with van der Waals surface area (Å²) in [5, 5.41) is 3.16. The van der Waals surface area contributed by atoms with Crippen LogP contribution in [0.15, 0.2) is 28.7 Å². The second-order valence-electron chi connectivity index (χ2n) is 4.86. The molecule has 0 amide bonds. The highest BCUT2D eigenvalue weighted by molar-refractivity contribution is 14.1. The SMILES string of the molecule is CNc1nc(Cc2ccccc2Br)nc(C(C)C)c1I. The van der Waals surface area contributed by atoms with E-state index in [1.807, 2.05) is 25.2 Å². The van der Waals surface area contributed by atoms with Crippen LogP contribution >= 0.6 is 38.5 Å². The average Bonchev–Trinajstić information content (AvgIpc) is 2.42. The van der Waals surface area contributed by atoms with Gasteiger partial charge in [-0.2, -0.15) is 0 Å². The molecule has 0 saturated carbocycles. The zero-order valence-electron chi connectivity index (χ0n) is 11.7. The van der Waals surface area contributed by atoms with Crippen molar-refractivity contribution in [1.82, 2.24) is 9.97 Å². The van der Waals surface area contributed by atoms with Crippen molar-refractivity contribution in [1.29, 1.82) is 0 Å². The van der Waals surface area contributed by atoms with Crippen LogP contribution < -0.4 is 5.32 Å². The molecule has 3 nitrogen and oxygen atoms in total. The largest absolute Gasteiger partial charge is 0.372 e. The van der Waals surface area contributed by atoms with E-state index in [2.05, 4.69) is 68.7 Å². The van der Waals surface area contributed by atoms with E-state index >= 15 is 0 Å². The van der Waals surface area contributed by atoms with E-state index < -0.39 is 0 Å². The lowest BCUT2D eigenvalue weighted by atomic mass is 10.1. The molecule has 20 heavy (non-hydrogen) atoms. The summed E-state index contributed by atoms with van der Waals surface area (Å²) < 4.78 is 2.20. The third-order valence-corrected chi connectivity index (χ3v) is 4.85. The maximum atomic E-state index is 4.74. The standard InChI is InChI=1S/C15H17BrIN3/c1-9(2)14-13(17)15(18-3)20-12(19-14)8-10-6-4-5-7-11(10)16/h4-7,9H,8H2,1-3H3,(H,18,19,20). The van der Waals surface area contributed by atoms with Gasteiger partial charge in [-0.15, -0.1) is 0 Å². The number of nitrogens with zero attached hydrogens (tertiary/aromatic N) is 2. The van der Waals surface area contributed by atoms with Crippen molar-refractivity contribution >= 4 is 44.3 Å². The molecule has 1 N–H and O–H groups in total. The van der Waals surface area contributed by atoms with Crippen LogP contribution in [0.2, 0.25) is 0 Å². The van der Waals surface area contributed by atoms with Crippen molar-refractivity contribution in [3.8, 4) is 0 Å². The molecule has 0 saturated heterocycles. The first-order valence-electron chi connectivity index (χ1n) is 6.50. The van der Waals surface area contributed by atoms with Gasteiger partial charge in [0, 0.05) is 17.9 Å². The summed E-state index contributed by atoms with van der Waals surface area (Å²) in [6, 6.07) is 8.19. The molecule has 0 aliphatic carbocycles. The average molecular weight is 446 g/mol. The first-order chi connectivity index (χ1) is 9.52. The number of rotatable bonds is 4. The molecule has 1 aromatic carbocycles. The van der Waals surface area contributed by atoms with Crippen LogP contribution in [0, 0.1) is 3.57 Å². The van der Waals surface area contributed by atoms with Gasteiger partial charge < -0.3 is 5.32 Å². The summed E-state index contributed by atoms with van der Waals surface area (Å²) in [6.07, 6.45) is 0.729. The van der Waals surface area contributed by atoms with Gasteiger partial charge in [-0.3, -0.25) is 0 Å². The van der Waals surface area contributed by atoms with Gasteiger partial charge in [0.1, 0.15) is 11.6 Å². The Kier molecular flexibility index (Phi) is 5.37. The van der Waals surface area contributed by atoms with Gasteiger partial charge in [-0.25, -0.2) is 9.97 Å². The zero-order valence-corrected chi connectivity index (χ0v) is 15.5. The topological polar surface area (TPSA) is 37.8 Å². The van der Waals surface area contributed by atoms with Crippen LogP contribution in [0.25, 0.3) is 0 Å². The number of hydrogen-bond acceptors (Lipinski definition) is 3. The lowest BCUT2D eigenvalue weighted by Gasteiger charge is -2.13. The molecule has 0 bridgehead atoms. The Bertz CT molecular complexity index is 614. The molecule has 0 spiro atoms. The van der Waals surface area contributed by atoms with Crippen LogP contribution in [0.3, 0.4) is 0 Å². The fourth-order valence-electron chi connectivity index (χ4n) is 1.95. The van der Waals surface area contributed by atoms with Crippen LogP contribution in [-0.2, 0) is 6.42 Å². The van der Waals surface area contributed by atoms with Gasteiger partial charge in [0.25, 0.3) is 0 Å². The van der Waals surface area contributed by atoms with Crippen LogP contribution in [0.4, 0.5) is 5.82 Å². The van der Waals surface area contributed by atoms with E-state index in [0.29, 0.717) is 5.92 Å². The smallest absolute Gasteiger partial charge is 0.143 e. The first kappa shape index (κ1) is 15.7. The van der Waals surface area contributed by atoms with Crippen molar-refractivity contribution in [3.63, 3.8) is 0 Å². The third-order valence-electron chi connectivity index (χ3n) is 3.01. The van der Waals surface area contributed by atoms with Gasteiger partial charge >= 0.3 is 0 Å². The van der Waals surface area contributed by atoms with Crippen molar-refractivity contribution < 1.29 is 0 Å². The maximum absolute atomic E-state index is 4.74. The fraction of sp³-hybridized carbons (Fsp3) is 0.333. The minimum absolute atomic E-state index is 0.384. The summed E-state index contributed by atoms with van der Waals surface area (Å²) in [6.45, 7) is 4.32. The van der Waals surface area contributed by atoms with Crippen LogP contribution in [0.5, 0.6) is 0 Å². The van der Waals surface area contributed by atoms with Crippen molar-refractivity contribution in [2.75, 3.05) is 12.4 Å². The summed E-state index contributed by atoms with van der Waals surface area (Å²) in [5.41, 5.74) is 2.30. The molecular weight excluding hydrogens is 429 g/mol. The second kappa shape index (κ2) is 6.85. The summed E-state index contributed by atoms with van der Waals surface area (Å²) in [7, 11) is 1.90. The number of benzene rings is 1. The highest BCUT2D eigenvalue weighted by Crippen LogP contribution is 2.26. The predicted octanol–water partition coefficient (Wildman–Crippen LogP) is 4.60. The normalized spacial score (nSPS) is 10.9. The Morgan fingerprint density at radius 3 is 2.55 bits per heavy atom. The van der Waals surface area contributed by atoms with Gasteiger partial charge in [0.2, 0.25) is 0 Å². The monoisotopic (exact) mass is 445 g/mol. The Balaban J connectivity index is 2.42. The molecule has 1 heterocycles. The van der Waals surface area contributed by atoms with E-state index in [1.54, 1.807) is 0 Å². The van der Waals surface area contributed by atoms with Crippen molar-refractivity contribution in [2.45, 2.75) is 26.2 Å². The van der Waals surface area contributed by atoms with Gasteiger partial charge in [0.15, 0.2) is 0 Å². The molecule has 2 rings (SSSR count). The summed E-state index contributed by atoms with van der Waals surface area (Å²) in [5.74, 6) is 2.15. The molecule has 5 heteroatoms. The zero-order chi connectivity index (χ0) is 14.7. The minimum Gasteiger partial charge on any atom is -0.372 e. The van der Waals surface area contributed by atoms with Gasteiger partial charge in [-0.1, -0.05) is 48.0 Å². The highest BCUT2D eigenvalue weighted by atomic mass is 127. The molecule has 106 valence electrons. The van der Waals surface area contributed by atoms with Crippen LogP contribution in [0.1, 0.15) is 36.8 Å². The van der Waals surface area contributed by atoms with E-state index in [1.165, 1.54) is 5.56 Å². The molecule has 0 atom stereocenters. The molecule has 0 aliphatic heterocycles. The minimum atomic E-state index is 0.384. The Labute approximate surface area is 141 Å². The number of nitrogens with one attached hydrogen (secondary N) is 1. The number of halogens is 2. The fourth-order valence-corrected chi connectivity index (χ4v) is 3.51. The summed E-state index contributed by atoms with van der Waals surface area (Å²) in [4.78, 5) is 9.36. The molecule has 0 aliphatic rings. The van der Waals surface area contributed by atoms with E-state index in [0.717, 1.165) is 31.8 Å². The third kappa shape index (κ3) is 3.49. The Hall–Kier alpha value is -0.690. The van der Waals surface area contributed by atoms with Gasteiger partial charge in [0.05, 0.1) is 9.26 Å². The number of anilines is 1. The molecule has 0 unspecified atom stereocenters. The number of aromatic nitrogens is 2. The Morgan fingerprint density at radius 2 is 1.95 bits per heavy atom. The summed E-state index contributed by atoms with van der Waals surface area (Å²) >= 11 is 5.89. The van der Waals surface area contributed by atoms with E-state index in [9.17, 15) is 0 Å². The highest BCUT2D eigenvalue weighted by Gasteiger charge is 2.14. The molecular formula is C15H17BrIN3. The molecule has 2 aromatic rings. The quantitative estimate of drug-likeness (QED) is 0.699. The molecule has 0 radical (unpaired) electrons. The molecule has 0 fully saturated rings. The van der Waals surface area contributed by atoms with Crippen LogP contribution in [-0.4, -0.2) is 17.0 Å². The Morgan fingerprint density at radius 1 is 1.25 bits per heavy atom. The van der Waals surface area contributed by atoms with Crippen molar-refractivity contribution in [2.24, 2.45) is 0 Å².